The molecule has 0 radical (unpaired) electrons. The Hall–Kier alpha value is -3.05. The van der Waals surface area contributed by atoms with Crippen LogP contribution in [0.15, 0.2) is 24.3 Å². The number of fused-ring (bicyclic) bond motifs is 2. The van der Waals surface area contributed by atoms with Crippen LogP contribution in [0, 0.1) is 17.8 Å². The van der Waals surface area contributed by atoms with Crippen LogP contribution >= 0.6 is 0 Å². The van der Waals surface area contributed by atoms with Gasteiger partial charge in [0.25, 0.3) is 0 Å². The first kappa shape index (κ1) is 23.7. The number of amides is 2. The normalized spacial score (nSPS) is 34.3. The molecule has 3 saturated heterocycles. The molecular formula is C24H31N5O6. The number of ether oxygens (including phenoxy) is 2. The Labute approximate surface area is 202 Å². The summed E-state index contributed by atoms with van der Waals surface area (Å²) in [6.45, 7) is 7.08. The number of hydrogen-bond acceptors (Lipinski definition) is 8. The van der Waals surface area contributed by atoms with Crippen LogP contribution < -0.4 is 5.32 Å². The summed E-state index contributed by atoms with van der Waals surface area (Å²) in [5.74, 6) is -3.06. The molecule has 4 heterocycles. The summed E-state index contributed by atoms with van der Waals surface area (Å²) < 4.78 is 13.5. The molecule has 2 bridgehead atoms. The first-order chi connectivity index (χ1) is 16.7. The second kappa shape index (κ2) is 8.27. The summed E-state index contributed by atoms with van der Waals surface area (Å²) in [6, 6.07) is 5.74. The van der Waals surface area contributed by atoms with E-state index >= 15 is 0 Å². The van der Waals surface area contributed by atoms with Gasteiger partial charge in [0.15, 0.2) is 0 Å². The molecule has 5 rings (SSSR count). The van der Waals surface area contributed by atoms with Crippen LogP contribution in [0.1, 0.15) is 34.1 Å². The van der Waals surface area contributed by atoms with Crippen molar-refractivity contribution in [3.63, 3.8) is 0 Å². The van der Waals surface area contributed by atoms with Gasteiger partial charge in [-0.05, 0) is 45.2 Å². The largest absolute Gasteiger partial charge is 0.466 e. The van der Waals surface area contributed by atoms with Crippen molar-refractivity contribution in [2.24, 2.45) is 17.8 Å². The predicted octanol–water partition coefficient (Wildman–Crippen LogP) is 0.460. The van der Waals surface area contributed by atoms with Gasteiger partial charge in [-0.15, -0.1) is 5.10 Å². The SMILES string of the molecule is CCOC(=O)[C@@H]1[C@H]2C(=O)N([C@H](C)CO)C(C(=O)NCn3nnc4ccccc43)C23CC(C)[C@@]1(C)O3. The molecule has 3 aliphatic rings. The number of carbonyl (C=O) groups excluding carboxylic acids is 3. The van der Waals surface area contributed by atoms with Crippen LogP contribution in [0.2, 0.25) is 0 Å². The standard InChI is InChI=1S/C24H31N5O6/c1-5-34-22(33)18-17-21(32)29(14(3)11-30)19(24(17)10-13(2)23(18,4)35-24)20(31)25-12-28-16-9-7-6-8-15(16)26-27-28/h6-9,13-14,17-19,30H,5,10-12H2,1-4H3,(H,25,31)/t13?,14-,17+,18+,19?,23-,24?/m1/s1. The number of nitrogens with one attached hydrogen (secondary N) is 1. The minimum Gasteiger partial charge on any atom is -0.466 e. The van der Waals surface area contributed by atoms with Crippen molar-refractivity contribution >= 4 is 28.8 Å². The zero-order valence-electron chi connectivity index (χ0n) is 20.3. The minimum absolute atomic E-state index is 0.0419. The van der Waals surface area contributed by atoms with Gasteiger partial charge in [0.2, 0.25) is 11.8 Å². The van der Waals surface area contributed by atoms with Crippen molar-refractivity contribution < 1.29 is 29.0 Å². The molecule has 0 saturated carbocycles. The van der Waals surface area contributed by atoms with E-state index < -0.39 is 47.0 Å². The topological polar surface area (TPSA) is 136 Å². The third-order valence-electron chi connectivity index (χ3n) is 8.10. The number of aliphatic hydroxyl groups is 1. The van der Waals surface area contributed by atoms with Crippen molar-refractivity contribution in [1.29, 1.82) is 0 Å². The van der Waals surface area contributed by atoms with E-state index in [1.54, 1.807) is 18.5 Å². The highest BCUT2D eigenvalue weighted by Crippen LogP contribution is 2.65. The fourth-order valence-electron chi connectivity index (χ4n) is 6.41. The van der Waals surface area contributed by atoms with Gasteiger partial charge in [-0.2, -0.15) is 0 Å². The van der Waals surface area contributed by atoms with Gasteiger partial charge in [0.1, 0.15) is 29.7 Å². The van der Waals surface area contributed by atoms with E-state index in [9.17, 15) is 19.5 Å². The molecule has 7 atom stereocenters. The second-order valence-corrected chi connectivity index (χ2v) is 10.0. The molecule has 1 aromatic heterocycles. The second-order valence-electron chi connectivity index (χ2n) is 10.0. The maximum Gasteiger partial charge on any atom is 0.312 e. The van der Waals surface area contributed by atoms with Crippen LogP contribution in [-0.4, -0.2) is 79.3 Å². The third-order valence-corrected chi connectivity index (χ3v) is 8.10. The monoisotopic (exact) mass is 485 g/mol. The van der Waals surface area contributed by atoms with Crippen molar-refractivity contribution in [3.8, 4) is 0 Å². The van der Waals surface area contributed by atoms with Gasteiger partial charge in [-0.3, -0.25) is 14.4 Å². The molecule has 3 aliphatic heterocycles. The molecule has 3 fully saturated rings. The Morgan fingerprint density at radius 2 is 2.11 bits per heavy atom. The zero-order chi connectivity index (χ0) is 25.1. The van der Waals surface area contributed by atoms with Crippen LogP contribution in [-0.2, 0) is 30.5 Å². The average molecular weight is 486 g/mol. The predicted molar refractivity (Wildman–Crippen MR) is 122 cm³/mol. The van der Waals surface area contributed by atoms with Crippen LogP contribution in [0.5, 0.6) is 0 Å². The number of rotatable bonds is 7. The van der Waals surface area contributed by atoms with E-state index in [0.29, 0.717) is 11.9 Å². The zero-order valence-corrected chi connectivity index (χ0v) is 20.3. The van der Waals surface area contributed by atoms with E-state index in [1.807, 2.05) is 38.1 Å². The lowest BCUT2D eigenvalue weighted by Crippen LogP contribution is -2.57. The number of esters is 1. The number of likely N-dealkylation sites (tertiary alicyclic amines) is 1. The summed E-state index contributed by atoms with van der Waals surface area (Å²) in [6.07, 6.45) is 0.439. The van der Waals surface area contributed by atoms with Gasteiger partial charge in [0, 0.05) is 0 Å². The van der Waals surface area contributed by atoms with Gasteiger partial charge in [0.05, 0.1) is 36.3 Å². The summed E-state index contributed by atoms with van der Waals surface area (Å²) in [4.78, 5) is 42.0. The van der Waals surface area contributed by atoms with E-state index in [1.165, 1.54) is 4.90 Å². The molecule has 1 spiro atoms. The fourth-order valence-corrected chi connectivity index (χ4v) is 6.41. The number of aliphatic hydroxyl groups excluding tert-OH is 1. The van der Waals surface area contributed by atoms with Gasteiger partial charge < -0.3 is 24.8 Å². The van der Waals surface area contributed by atoms with E-state index in [4.69, 9.17) is 9.47 Å². The lowest BCUT2D eigenvalue weighted by atomic mass is 9.62. The number of carbonyl (C=O) groups is 3. The molecule has 2 amide bonds. The molecule has 35 heavy (non-hydrogen) atoms. The van der Waals surface area contributed by atoms with Crippen molar-refractivity contribution in [2.45, 2.75) is 64.1 Å². The average Bonchev–Trinajstić information content (AvgIpc) is 3.50. The first-order valence-corrected chi connectivity index (χ1v) is 12.0. The van der Waals surface area contributed by atoms with Crippen LogP contribution in [0.25, 0.3) is 11.0 Å². The first-order valence-electron chi connectivity index (χ1n) is 12.0. The highest BCUT2D eigenvalue weighted by molar-refractivity contribution is 5.98. The maximum absolute atomic E-state index is 13.8. The highest BCUT2D eigenvalue weighted by atomic mass is 16.6. The van der Waals surface area contributed by atoms with E-state index in [-0.39, 0.29) is 31.7 Å². The summed E-state index contributed by atoms with van der Waals surface area (Å²) in [7, 11) is 0. The van der Waals surface area contributed by atoms with Crippen LogP contribution in [0.4, 0.5) is 0 Å². The van der Waals surface area contributed by atoms with Crippen molar-refractivity contribution in [1.82, 2.24) is 25.2 Å². The summed E-state index contributed by atoms with van der Waals surface area (Å²) >= 11 is 0. The molecular weight excluding hydrogens is 454 g/mol. The molecule has 0 aliphatic carbocycles. The molecule has 3 unspecified atom stereocenters. The lowest BCUT2D eigenvalue weighted by Gasteiger charge is -2.36. The Balaban J connectivity index is 1.50. The van der Waals surface area contributed by atoms with E-state index in [0.717, 1.165) is 5.52 Å². The van der Waals surface area contributed by atoms with Crippen molar-refractivity contribution in [2.75, 3.05) is 13.2 Å². The molecule has 2 N–H and O–H groups in total. The third kappa shape index (κ3) is 3.21. The number of hydrogen-bond donors (Lipinski definition) is 2. The number of benzene rings is 1. The van der Waals surface area contributed by atoms with Gasteiger partial charge in [-0.25, -0.2) is 4.68 Å². The molecule has 1 aromatic carbocycles. The molecule has 188 valence electrons. The van der Waals surface area contributed by atoms with Crippen molar-refractivity contribution in [3.05, 3.63) is 24.3 Å². The Bertz CT molecular complexity index is 1180. The lowest BCUT2D eigenvalue weighted by molar-refractivity contribution is -0.162. The van der Waals surface area contributed by atoms with E-state index in [2.05, 4.69) is 15.6 Å². The Morgan fingerprint density at radius 3 is 2.83 bits per heavy atom. The Kier molecular flexibility index (Phi) is 5.59. The maximum atomic E-state index is 13.8. The number of para-hydroxylation sites is 1. The molecule has 11 nitrogen and oxygen atoms in total. The number of nitrogens with zero attached hydrogens (tertiary/aromatic N) is 4. The Morgan fingerprint density at radius 1 is 1.37 bits per heavy atom. The van der Waals surface area contributed by atoms with Crippen LogP contribution in [0.3, 0.4) is 0 Å². The number of aromatic nitrogens is 3. The smallest absolute Gasteiger partial charge is 0.312 e. The highest BCUT2D eigenvalue weighted by Gasteiger charge is 2.80. The summed E-state index contributed by atoms with van der Waals surface area (Å²) in [5, 5.41) is 21.0. The van der Waals surface area contributed by atoms with Gasteiger partial charge >= 0.3 is 5.97 Å². The minimum atomic E-state index is -1.19. The molecule has 2 aromatic rings. The fraction of sp³-hybridized carbons (Fsp3) is 0.625. The van der Waals surface area contributed by atoms with Gasteiger partial charge in [-0.1, -0.05) is 24.3 Å². The quantitative estimate of drug-likeness (QED) is 0.540. The molecule has 11 heteroatoms. The summed E-state index contributed by atoms with van der Waals surface area (Å²) in [5.41, 5.74) is -0.667.